The standard InChI is InChI=1S/C20H18O4/c1-11-2-4-16-15-5-3-14(8-17(15)20(21)24-18(16)6-11)23-19-12-7-13(19)10-22-9-12/h2-6,8,12-13,19H,7,9-10H2,1H3. The first-order valence-corrected chi connectivity index (χ1v) is 8.41. The van der Waals surface area contributed by atoms with E-state index in [4.69, 9.17) is 13.9 Å². The van der Waals surface area contributed by atoms with Crippen LogP contribution in [-0.4, -0.2) is 19.3 Å². The van der Waals surface area contributed by atoms with Gasteiger partial charge in [0.05, 0.1) is 18.6 Å². The Hall–Kier alpha value is -2.33. The Bertz CT molecular complexity index is 990. The molecule has 2 heterocycles. The van der Waals surface area contributed by atoms with E-state index in [-0.39, 0.29) is 11.7 Å². The molecule has 2 atom stereocenters. The van der Waals surface area contributed by atoms with Gasteiger partial charge >= 0.3 is 5.63 Å². The Morgan fingerprint density at radius 1 is 1.00 bits per heavy atom. The Morgan fingerprint density at radius 3 is 2.58 bits per heavy atom. The zero-order valence-electron chi connectivity index (χ0n) is 13.5. The second-order valence-corrected chi connectivity index (χ2v) is 6.97. The summed E-state index contributed by atoms with van der Waals surface area (Å²) in [5.41, 5.74) is 1.39. The van der Waals surface area contributed by atoms with Crippen molar-refractivity contribution in [3.8, 4) is 5.75 Å². The maximum absolute atomic E-state index is 12.4. The van der Waals surface area contributed by atoms with Crippen LogP contribution in [-0.2, 0) is 4.74 Å². The second-order valence-electron chi connectivity index (χ2n) is 6.97. The molecule has 2 fully saturated rings. The van der Waals surface area contributed by atoms with Crippen LogP contribution in [0.2, 0.25) is 0 Å². The molecule has 0 N–H and O–H groups in total. The molecule has 1 aliphatic carbocycles. The molecule has 1 saturated heterocycles. The Balaban J connectivity index is 1.58. The molecule has 2 aliphatic rings. The quantitative estimate of drug-likeness (QED) is 0.533. The summed E-state index contributed by atoms with van der Waals surface area (Å²) in [4.78, 5) is 12.4. The van der Waals surface area contributed by atoms with Gasteiger partial charge in [0.25, 0.3) is 0 Å². The number of fused-ring (bicyclic) bond motifs is 5. The van der Waals surface area contributed by atoms with E-state index in [2.05, 4.69) is 0 Å². The van der Waals surface area contributed by atoms with Gasteiger partial charge in [0.1, 0.15) is 17.4 Å². The molecule has 2 bridgehead atoms. The third-order valence-corrected chi connectivity index (χ3v) is 5.31. The van der Waals surface area contributed by atoms with Crippen LogP contribution in [0.1, 0.15) is 12.0 Å². The fraction of sp³-hybridized carbons (Fsp3) is 0.350. The third kappa shape index (κ3) is 2.06. The molecule has 1 aliphatic heterocycles. The summed E-state index contributed by atoms with van der Waals surface area (Å²) in [5, 5.41) is 2.44. The van der Waals surface area contributed by atoms with Crippen molar-refractivity contribution in [2.45, 2.75) is 19.4 Å². The van der Waals surface area contributed by atoms with Crippen molar-refractivity contribution in [2.24, 2.45) is 11.8 Å². The van der Waals surface area contributed by atoms with E-state index in [1.54, 1.807) is 0 Å². The summed E-state index contributed by atoms with van der Waals surface area (Å²) in [6.07, 6.45) is 1.40. The predicted molar refractivity (Wildman–Crippen MR) is 91.6 cm³/mol. The highest BCUT2D eigenvalue weighted by molar-refractivity contribution is 6.04. The maximum Gasteiger partial charge on any atom is 0.344 e. The molecule has 4 heteroatoms. The number of hydrogen-bond acceptors (Lipinski definition) is 4. The van der Waals surface area contributed by atoms with E-state index < -0.39 is 0 Å². The normalized spacial score (nSPS) is 25.6. The molecule has 0 amide bonds. The van der Waals surface area contributed by atoms with Crippen molar-refractivity contribution < 1.29 is 13.9 Å². The van der Waals surface area contributed by atoms with Crippen molar-refractivity contribution in [1.29, 1.82) is 0 Å². The zero-order chi connectivity index (χ0) is 16.3. The molecule has 1 aromatic heterocycles. The highest BCUT2D eigenvalue weighted by atomic mass is 16.5. The van der Waals surface area contributed by atoms with Crippen LogP contribution in [0.15, 0.2) is 45.6 Å². The first kappa shape index (κ1) is 14.1. The first-order chi connectivity index (χ1) is 11.7. The van der Waals surface area contributed by atoms with Gasteiger partial charge in [-0.2, -0.15) is 0 Å². The predicted octanol–water partition coefficient (Wildman–Crippen LogP) is 3.67. The zero-order valence-corrected chi connectivity index (χ0v) is 13.5. The van der Waals surface area contributed by atoms with Gasteiger partial charge in [-0.05, 0) is 43.2 Å². The maximum atomic E-state index is 12.4. The molecular weight excluding hydrogens is 304 g/mol. The molecule has 2 aromatic carbocycles. The minimum atomic E-state index is -0.314. The van der Waals surface area contributed by atoms with Crippen LogP contribution in [0.4, 0.5) is 0 Å². The van der Waals surface area contributed by atoms with E-state index in [0.717, 1.165) is 35.3 Å². The molecule has 3 aromatic rings. The van der Waals surface area contributed by atoms with Crippen LogP contribution in [0, 0.1) is 18.8 Å². The fourth-order valence-corrected chi connectivity index (χ4v) is 3.98. The topological polar surface area (TPSA) is 48.7 Å². The number of aryl methyl sites for hydroxylation is 1. The second kappa shape index (κ2) is 5.08. The van der Waals surface area contributed by atoms with Crippen LogP contribution in [0.5, 0.6) is 5.75 Å². The van der Waals surface area contributed by atoms with Gasteiger partial charge in [-0.25, -0.2) is 4.79 Å². The molecule has 24 heavy (non-hydrogen) atoms. The van der Waals surface area contributed by atoms with Gasteiger partial charge in [0, 0.05) is 22.6 Å². The Morgan fingerprint density at radius 2 is 1.79 bits per heavy atom. The molecule has 2 unspecified atom stereocenters. The van der Waals surface area contributed by atoms with Crippen molar-refractivity contribution in [1.82, 2.24) is 0 Å². The van der Waals surface area contributed by atoms with E-state index in [9.17, 15) is 4.79 Å². The molecule has 122 valence electrons. The van der Waals surface area contributed by atoms with Gasteiger partial charge in [0.15, 0.2) is 0 Å². The monoisotopic (exact) mass is 322 g/mol. The van der Waals surface area contributed by atoms with Gasteiger partial charge in [-0.1, -0.05) is 12.1 Å². The largest absolute Gasteiger partial charge is 0.490 e. The smallest absolute Gasteiger partial charge is 0.344 e. The molecular formula is C20H18O4. The van der Waals surface area contributed by atoms with Crippen molar-refractivity contribution in [3.63, 3.8) is 0 Å². The third-order valence-electron chi connectivity index (χ3n) is 5.31. The Kier molecular flexibility index (Phi) is 2.98. The van der Waals surface area contributed by atoms with E-state index in [0.29, 0.717) is 22.8 Å². The lowest BCUT2D eigenvalue weighted by molar-refractivity contribution is -0.145. The molecule has 1 saturated carbocycles. The van der Waals surface area contributed by atoms with Crippen LogP contribution < -0.4 is 10.4 Å². The lowest BCUT2D eigenvalue weighted by Crippen LogP contribution is -2.54. The lowest BCUT2D eigenvalue weighted by atomic mass is 9.70. The average Bonchev–Trinajstić information content (AvgIpc) is 2.60. The SMILES string of the molecule is Cc1ccc2c(c1)oc(=O)c1cc(OC3C4COCC3C4)ccc12. The summed E-state index contributed by atoms with van der Waals surface area (Å²) in [6.45, 7) is 3.54. The average molecular weight is 322 g/mol. The van der Waals surface area contributed by atoms with Gasteiger partial charge in [-0.15, -0.1) is 0 Å². The molecule has 0 radical (unpaired) electrons. The first-order valence-electron chi connectivity index (χ1n) is 8.41. The van der Waals surface area contributed by atoms with E-state index in [1.165, 1.54) is 6.42 Å². The van der Waals surface area contributed by atoms with Crippen LogP contribution >= 0.6 is 0 Å². The minimum absolute atomic E-state index is 0.214. The van der Waals surface area contributed by atoms with Crippen molar-refractivity contribution in [2.75, 3.05) is 13.2 Å². The molecule has 5 rings (SSSR count). The number of hydrogen-bond donors (Lipinski definition) is 0. The van der Waals surface area contributed by atoms with Crippen LogP contribution in [0.25, 0.3) is 21.7 Å². The number of benzene rings is 2. The lowest BCUT2D eigenvalue weighted by Gasteiger charge is -2.48. The number of rotatable bonds is 2. The Labute approximate surface area is 139 Å². The van der Waals surface area contributed by atoms with Crippen LogP contribution in [0.3, 0.4) is 0 Å². The summed E-state index contributed by atoms with van der Waals surface area (Å²) in [6, 6.07) is 11.7. The summed E-state index contributed by atoms with van der Waals surface area (Å²) < 4.78 is 17.2. The van der Waals surface area contributed by atoms with Gasteiger partial charge < -0.3 is 13.9 Å². The molecule has 0 spiro atoms. The van der Waals surface area contributed by atoms with Gasteiger partial charge in [-0.3, -0.25) is 0 Å². The number of ether oxygens (including phenoxy) is 2. The highest BCUT2D eigenvalue weighted by Crippen LogP contribution is 2.41. The molecule has 4 nitrogen and oxygen atoms in total. The minimum Gasteiger partial charge on any atom is -0.490 e. The van der Waals surface area contributed by atoms with Crippen molar-refractivity contribution >= 4 is 21.7 Å². The van der Waals surface area contributed by atoms with E-state index >= 15 is 0 Å². The van der Waals surface area contributed by atoms with Gasteiger partial charge in [0.2, 0.25) is 0 Å². The van der Waals surface area contributed by atoms with E-state index in [1.807, 2.05) is 43.3 Å². The summed E-state index contributed by atoms with van der Waals surface area (Å²) >= 11 is 0. The summed E-state index contributed by atoms with van der Waals surface area (Å²) in [5.74, 6) is 1.70. The highest BCUT2D eigenvalue weighted by Gasteiger charge is 2.46. The summed E-state index contributed by atoms with van der Waals surface area (Å²) in [7, 11) is 0. The fourth-order valence-electron chi connectivity index (χ4n) is 3.98. The van der Waals surface area contributed by atoms with Crippen molar-refractivity contribution in [3.05, 3.63) is 52.4 Å².